The van der Waals surface area contributed by atoms with Gasteiger partial charge in [-0.1, -0.05) is 0 Å². The van der Waals surface area contributed by atoms with Crippen LogP contribution in [-0.2, 0) is 4.74 Å². The molecule has 132 valence electrons. The molecule has 0 N–H and O–H groups in total. The molecular formula is C18H25FN2O3. The zero-order valence-corrected chi connectivity index (χ0v) is 14.9. The lowest BCUT2D eigenvalue weighted by Crippen LogP contribution is -2.60. The van der Waals surface area contributed by atoms with Gasteiger partial charge in [0.05, 0.1) is 0 Å². The Balaban J connectivity index is 2.08. The number of benzene rings is 1. The van der Waals surface area contributed by atoms with Crippen LogP contribution in [0.1, 0.15) is 45.0 Å². The molecular weight excluding hydrogens is 311 g/mol. The third-order valence-corrected chi connectivity index (χ3v) is 3.97. The van der Waals surface area contributed by atoms with E-state index in [2.05, 4.69) is 0 Å². The van der Waals surface area contributed by atoms with E-state index in [1.807, 2.05) is 34.6 Å². The minimum absolute atomic E-state index is 0.147. The lowest BCUT2D eigenvalue weighted by Gasteiger charge is -2.44. The van der Waals surface area contributed by atoms with Crippen LogP contribution >= 0.6 is 0 Å². The van der Waals surface area contributed by atoms with Gasteiger partial charge < -0.3 is 14.5 Å². The highest BCUT2D eigenvalue weighted by Gasteiger charge is 2.36. The Morgan fingerprint density at radius 2 is 1.54 bits per heavy atom. The maximum Gasteiger partial charge on any atom is 0.410 e. The third kappa shape index (κ3) is 4.24. The van der Waals surface area contributed by atoms with Crippen molar-refractivity contribution in [2.45, 2.75) is 52.3 Å². The third-order valence-electron chi connectivity index (χ3n) is 3.97. The smallest absolute Gasteiger partial charge is 0.410 e. The number of hydrogen-bond donors (Lipinski definition) is 0. The van der Waals surface area contributed by atoms with Gasteiger partial charge in [0, 0.05) is 30.7 Å². The van der Waals surface area contributed by atoms with Crippen molar-refractivity contribution >= 4 is 12.0 Å². The summed E-state index contributed by atoms with van der Waals surface area (Å²) in [6.07, 6.45) is -0.365. The first-order valence-corrected chi connectivity index (χ1v) is 8.14. The molecule has 5 nitrogen and oxygen atoms in total. The van der Waals surface area contributed by atoms with E-state index >= 15 is 0 Å². The van der Waals surface area contributed by atoms with E-state index in [1.165, 1.54) is 24.3 Å². The average Bonchev–Trinajstić information content (AvgIpc) is 2.47. The van der Waals surface area contributed by atoms with Gasteiger partial charge >= 0.3 is 6.09 Å². The van der Waals surface area contributed by atoms with Gasteiger partial charge in [-0.25, -0.2) is 9.18 Å². The van der Waals surface area contributed by atoms with Crippen molar-refractivity contribution in [2.75, 3.05) is 13.1 Å². The summed E-state index contributed by atoms with van der Waals surface area (Å²) in [5, 5.41) is 0. The van der Waals surface area contributed by atoms with Crippen molar-refractivity contribution in [2.24, 2.45) is 0 Å². The van der Waals surface area contributed by atoms with Crippen molar-refractivity contribution in [3.05, 3.63) is 35.6 Å². The fourth-order valence-corrected chi connectivity index (χ4v) is 2.74. The van der Waals surface area contributed by atoms with Crippen LogP contribution in [0.2, 0.25) is 0 Å². The Bertz CT molecular complexity index is 610. The maximum absolute atomic E-state index is 13.0. The largest absolute Gasteiger partial charge is 0.444 e. The molecule has 6 heteroatoms. The van der Waals surface area contributed by atoms with Crippen LogP contribution in [0.4, 0.5) is 9.18 Å². The van der Waals surface area contributed by atoms with E-state index in [0.29, 0.717) is 18.7 Å². The van der Waals surface area contributed by atoms with Crippen molar-refractivity contribution in [3.8, 4) is 0 Å². The number of halogens is 1. The highest BCUT2D eigenvalue weighted by molar-refractivity contribution is 5.94. The SMILES string of the molecule is C[C@@H]1CN(C(=O)OC(C)(C)C)[C@@H](C)CN1C(=O)c1ccc(F)cc1. The highest BCUT2D eigenvalue weighted by atomic mass is 19.1. The van der Waals surface area contributed by atoms with Crippen LogP contribution < -0.4 is 0 Å². The standard InChI is InChI=1S/C18H25FN2O3/c1-12-11-21(17(23)24-18(3,4)5)13(2)10-20(12)16(22)14-6-8-15(19)9-7-14/h6-9,12-13H,10-11H2,1-5H3/t12-,13+/m1/s1. The fraction of sp³-hybridized carbons (Fsp3) is 0.556. The second-order valence-corrected chi connectivity index (χ2v) is 7.30. The molecule has 2 amide bonds. The average molecular weight is 336 g/mol. The Kier molecular flexibility index (Phi) is 5.16. The van der Waals surface area contributed by atoms with E-state index in [0.717, 1.165) is 0 Å². The van der Waals surface area contributed by atoms with Crippen LogP contribution in [0, 0.1) is 5.82 Å². The van der Waals surface area contributed by atoms with Gasteiger partial charge in [0.1, 0.15) is 11.4 Å². The minimum Gasteiger partial charge on any atom is -0.444 e. The Labute approximate surface area is 142 Å². The molecule has 1 aliphatic heterocycles. The molecule has 0 radical (unpaired) electrons. The number of nitrogens with zero attached hydrogens (tertiary/aromatic N) is 2. The molecule has 0 unspecified atom stereocenters. The predicted octanol–water partition coefficient (Wildman–Crippen LogP) is 3.30. The Morgan fingerprint density at radius 1 is 1.04 bits per heavy atom. The Hall–Kier alpha value is -2.11. The molecule has 0 aromatic heterocycles. The molecule has 0 aliphatic carbocycles. The molecule has 1 aromatic rings. The minimum atomic E-state index is -0.554. The topological polar surface area (TPSA) is 49.9 Å². The van der Waals surface area contributed by atoms with Crippen LogP contribution in [0.5, 0.6) is 0 Å². The summed E-state index contributed by atoms with van der Waals surface area (Å²) in [5.74, 6) is -0.527. The van der Waals surface area contributed by atoms with Gasteiger partial charge in [0.15, 0.2) is 0 Å². The first kappa shape index (κ1) is 18.2. The number of rotatable bonds is 1. The lowest BCUT2D eigenvalue weighted by molar-refractivity contribution is -0.00789. The molecule has 1 heterocycles. The highest BCUT2D eigenvalue weighted by Crippen LogP contribution is 2.21. The molecule has 1 fully saturated rings. The van der Waals surface area contributed by atoms with E-state index in [-0.39, 0.29) is 29.9 Å². The number of piperazine rings is 1. The van der Waals surface area contributed by atoms with E-state index in [9.17, 15) is 14.0 Å². The zero-order chi connectivity index (χ0) is 18.1. The maximum atomic E-state index is 13.0. The van der Waals surface area contributed by atoms with Crippen molar-refractivity contribution in [3.63, 3.8) is 0 Å². The van der Waals surface area contributed by atoms with E-state index < -0.39 is 5.60 Å². The van der Waals surface area contributed by atoms with Crippen molar-refractivity contribution < 1.29 is 18.7 Å². The predicted molar refractivity (Wildman–Crippen MR) is 89.3 cm³/mol. The number of ether oxygens (including phenoxy) is 1. The second-order valence-electron chi connectivity index (χ2n) is 7.30. The number of amides is 2. The van der Waals surface area contributed by atoms with Crippen molar-refractivity contribution in [1.82, 2.24) is 9.80 Å². The van der Waals surface area contributed by atoms with E-state index in [1.54, 1.807) is 9.80 Å². The zero-order valence-electron chi connectivity index (χ0n) is 14.9. The summed E-state index contributed by atoms with van der Waals surface area (Å²) < 4.78 is 18.5. The molecule has 2 atom stereocenters. The molecule has 0 saturated carbocycles. The summed E-state index contributed by atoms with van der Waals surface area (Å²) in [5.41, 5.74) is -0.109. The molecule has 24 heavy (non-hydrogen) atoms. The molecule has 1 aromatic carbocycles. The number of carbonyl (C=O) groups excluding carboxylic acids is 2. The number of hydrogen-bond acceptors (Lipinski definition) is 3. The summed E-state index contributed by atoms with van der Waals surface area (Å²) in [7, 11) is 0. The summed E-state index contributed by atoms with van der Waals surface area (Å²) in [6.45, 7) is 10.1. The van der Waals surface area contributed by atoms with Gasteiger partial charge in [-0.15, -0.1) is 0 Å². The molecule has 1 saturated heterocycles. The Morgan fingerprint density at radius 3 is 2.08 bits per heavy atom. The fourth-order valence-electron chi connectivity index (χ4n) is 2.74. The first-order valence-electron chi connectivity index (χ1n) is 8.14. The molecule has 1 aliphatic rings. The second kappa shape index (κ2) is 6.79. The van der Waals surface area contributed by atoms with Gasteiger partial charge in [-0.2, -0.15) is 0 Å². The lowest BCUT2D eigenvalue weighted by atomic mass is 10.1. The molecule has 2 rings (SSSR count). The summed E-state index contributed by atoms with van der Waals surface area (Å²) in [6, 6.07) is 5.22. The van der Waals surface area contributed by atoms with Crippen LogP contribution in [0.25, 0.3) is 0 Å². The van der Waals surface area contributed by atoms with E-state index in [4.69, 9.17) is 4.74 Å². The number of carbonyl (C=O) groups is 2. The monoisotopic (exact) mass is 336 g/mol. The molecule has 0 bridgehead atoms. The van der Waals surface area contributed by atoms with Gasteiger partial charge in [0.25, 0.3) is 5.91 Å². The van der Waals surface area contributed by atoms with Gasteiger partial charge in [0.2, 0.25) is 0 Å². The van der Waals surface area contributed by atoms with Gasteiger partial charge in [-0.05, 0) is 58.9 Å². The summed E-state index contributed by atoms with van der Waals surface area (Å²) >= 11 is 0. The summed E-state index contributed by atoms with van der Waals surface area (Å²) in [4.78, 5) is 28.3. The van der Waals surface area contributed by atoms with Crippen LogP contribution in [0.3, 0.4) is 0 Å². The van der Waals surface area contributed by atoms with Crippen molar-refractivity contribution in [1.29, 1.82) is 0 Å². The quantitative estimate of drug-likeness (QED) is 0.791. The normalized spacial score (nSPS) is 21.6. The first-order chi connectivity index (χ1) is 11.1. The van der Waals surface area contributed by atoms with Crippen LogP contribution in [-0.4, -0.2) is 52.6 Å². The molecule has 0 spiro atoms. The van der Waals surface area contributed by atoms with Gasteiger partial charge in [-0.3, -0.25) is 4.79 Å². The van der Waals surface area contributed by atoms with Crippen LogP contribution in [0.15, 0.2) is 24.3 Å².